The van der Waals surface area contributed by atoms with E-state index in [0.717, 1.165) is 17.4 Å². The lowest BCUT2D eigenvalue weighted by Gasteiger charge is -2.15. The Bertz CT molecular complexity index is 893. The molecule has 0 bridgehead atoms. The number of benzene rings is 1. The smallest absolute Gasteiger partial charge is 0.408 e. The monoisotopic (exact) mass is 348 g/mol. The van der Waals surface area contributed by atoms with Crippen LogP contribution in [-0.2, 0) is 16.1 Å². The Morgan fingerprint density at radius 1 is 1.28 bits per heavy atom. The van der Waals surface area contributed by atoms with Gasteiger partial charge in [-0.1, -0.05) is 0 Å². The van der Waals surface area contributed by atoms with E-state index < -0.39 is 16.6 Å². The molecule has 0 aliphatic carbocycles. The summed E-state index contributed by atoms with van der Waals surface area (Å²) in [5, 5.41) is 13.3. The summed E-state index contributed by atoms with van der Waals surface area (Å²) in [5.41, 5.74) is 0.0865. The number of fused-ring (bicyclic) bond motifs is 1. The molecule has 0 unspecified atom stereocenters. The Morgan fingerprint density at radius 3 is 2.68 bits per heavy atom. The van der Waals surface area contributed by atoms with Crippen molar-refractivity contribution in [3.8, 4) is 0 Å². The van der Waals surface area contributed by atoms with Crippen LogP contribution in [0.1, 0.15) is 12.8 Å². The minimum Gasteiger partial charge on any atom is -0.408 e. The molecular formula is C15H16N4O6. The molecule has 3 rings (SSSR count). The van der Waals surface area contributed by atoms with Gasteiger partial charge in [0.15, 0.2) is 5.58 Å². The Balaban J connectivity index is 1.71. The number of nitro benzene ring substituents is 1. The van der Waals surface area contributed by atoms with Gasteiger partial charge in [-0.15, -0.1) is 0 Å². The van der Waals surface area contributed by atoms with Crippen LogP contribution in [0.25, 0.3) is 11.1 Å². The van der Waals surface area contributed by atoms with E-state index in [-0.39, 0.29) is 35.8 Å². The number of oxazole rings is 1. The molecule has 25 heavy (non-hydrogen) atoms. The average Bonchev–Trinajstić information content (AvgIpc) is 3.21. The number of nitrogens with zero attached hydrogens (tertiary/aromatic N) is 3. The molecule has 0 atom stereocenters. The fourth-order valence-electron chi connectivity index (χ4n) is 2.77. The Kier molecular flexibility index (Phi) is 4.50. The standard InChI is InChI=1S/C15H16N4O6/c20-13(16-8-14(21)17-5-1-2-6-17)9-18-11-7-10(19(23)24)3-4-12(11)25-15(18)22/h3-4,7H,1-2,5-6,8-9H2,(H,16,20). The van der Waals surface area contributed by atoms with E-state index >= 15 is 0 Å². The van der Waals surface area contributed by atoms with Crippen LogP contribution in [0.2, 0.25) is 0 Å². The van der Waals surface area contributed by atoms with Gasteiger partial charge in [0.2, 0.25) is 11.8 Å². The molecule has 0 spiro atoms. The van der Waals surface area contributed by atoms with Gasteiger partial charge in [0.1, 0.15) is 6.54 Å². The van der Waals surface area contributed by atoms with E-state index in [1.54, 1.807) is 4.90 Å². The van der Waals surface area contributed by atoms with Crippen LogP contribution >= 0.6 is 0 Å². The fraction of sp³-hybridized carbons (Fsp3) is 0.400. The molecule has 1 aliphatic heterocycles. The third-order valence-corrected chi connectivity index (χ3v) is 4.06. The van der Waals surface area contributed by atoms with Gasteiger partial charge in [0.05, 0.1) is 17.0 Å². The summed E-state index contributed by atoms with van der Waals surface area (Å²) in [6.07, 6.45) is 1.91. The lowest BCUT2D eigenvalue weighted by Crippen LogP contribution is -2.40. The lowest BCUT2D eigenvalue weighted by molar-refractivity contribution is -0.384. The first-order chi connectivity index (χ1) is 12.0. The van der Waals surface area contributed by atoms with Crippen molar-refractivity contribution in [3.63, 3.8) is 0 Å². The number of rotatable bonds is 5. The number of likely N-dealkylation sites (tertiary alicyclic amines) is 1. The molecule has 0 saturated carbocycles. The van der Waals surface area contributed by atoms with Crippen molar-refractivity contribution in [3.05, 3.63) is 38.9 Å². The van der Waals surface area contributed by atoms with Crippen LogP contribution in [0.15, 0.2) is 27.4 Å². The zero-order valence-electron chi connectivity index (χ0n) is 13.3. The molecule has 2 amide bonds. The molecule has 1 aromatic heterocycles. The number of hydrogen-bond donors (Lipinski definition) is 1. The van der Waals surface area contributed by atoms with E-state index in [9.17, 15) is 24.5 Å². The largest absolute Gasteiger partial charge is 0.420 e. The minimum atomic E-state index is -0.795. The van der Waals surface area contributed by atoms with E-state index in [4.69, 9.17) is 4.42 Å². The molecule has 2 aromatic rings. The highest BCUT2D eigenvalue weighted by Crippen LogP contribution is 2.19. The van der Waals surface area contributed by atoms with Crippen molar-refractivity contribution in [2.45, 2.75) is 19.4 Å². The number of non-ortho nitro benzene ring substituents is 1. The molecule has 1 N–H and O–H groups in total. The summed E-state index contributed by atoms with van der Waals surface area (Å²) >= 11 is 0. The summed E-state index contributed by atoms with van der Waals surface area (Å²) in [5.74, 6) is -1.52. The number of nitro groups is 1. The van der Waals surface area contributed by atoms with Gasteiger partial charge in [-0.05, 0) is 18.9 Å². The van der Waals surface area contributed by atoms with Crippen LogP contribution < -0.4 is 11.1 Å². The van der Waals surface area contributed by atoms with Gasteiger partial charge in [-0.2, -0.15) is 0 Å². The highest BCUT2D eigenvalue weighted by Gasteiger charge is 2.20. The van der Waals surface area contributed by atoms with Crippen LogP contribution in [0.3, 0.4) is 0 Å². The van der Waals surface area contributed by atoms with Gasteiger partial charge >= 0.3 is 5.76 Å². The zero-order chi connectivity index (χ0) is 18.0. The number of carbonyl (C=O) groups is 2. The van der Waals surface area contributed by atoms with Gasteiger partial charge < -0.3 is 14.6 Å². The maximum Gasteiger partial charge on any atom is 0.420 e. The maximum atomic E-state index is 12.0. The van der Waals surface area contributed by atoms with Crippen molar-refractivity contribution in [2.24, 2.45) is 0 Å². The van der Waals surface area contributed by atoms with Crippen molar-refractivity contribution < 1.29 is 18.9 Å². The second-order valence-electron chi connectivity index (χ2n) is 5.73. The Morgan fingerprint density at radius 2 is 2.00 bits per heavy atom. The summed E-state index contributed by atoms with van der Waals surface area (Å²) in [6.45, 7) is 0.832. The second-order valence-corrected chi connectivity index (χ2v) is 5.73. The molecule has 132 valence electrons. The first-order valence-electron chi connectivity index (χ1n) is 7.78. The van der Waals surface area contributed by atoms with Crippen molar-refractivity contribution >= 4 is 28.6 Å². The van der Waals surface area contributed by atoms with Crippen molar-refractivity contribution in [1.82, 2.24) is 14.8 Å². The maximum absolute atomic E-state index is 12.0. The number of amides is 2. The van der Waals surface area contributed by atoms with Crippen LogP contribution in [0, 0.1) is 10.1 Å². The number of hydrogen-bond acceptors (Lipinski definition) is 6. The van der Waals surface area contributed by atoms with Crippen molar-refractivity contribution in [1.29, 1.82) is 0 Å². The lowest BCUT2D eigenvalue weighted by atomic mass is 10.3. The SMILES string of the molecule is O=C(Cn1c(=O)oc2ccc([N+](=O)[O-])cc21)NCC(=O)N1CCCC1. The molecule has 1 aromatic carbocycles. The number of nitrogens with one attached hydrogen (secondary N) is 1. The third kappa shape index (κ3) is 3.52. The quantitative estimate of drug-likeness (QED) is 0.609. The van der Waals surface area contributed by atoms with Crippen LogP contribution in [-0.4, -0.2) is 45.8 Å². The zero-order valence-corrected chi connectivity index (χ0v) is 13.3. The highest BCUT2D eigenvalue weighted by atomic mass is 16.6. The van der Waals surface area contributed by atoms with Crippen LogP contribution in [0.4, 0.5) is 5.69 Å². The summed E-state index contributed by atoms with van der Waals surface area (Å²) in [6, 6.07) is 3.69. The summed E-state index contributed by atoms with van der Waals surface area (Å²) in [7, 11) is 0. The number of aromatic nitrogens is 1. The summed E-state index contributed by atoms with van der Waals surface area (Å²) in [4.78, 5) is 47.7. The molecule has 1 aliphatic rings. The normalized spacial score (nSPS) is 14.0. The predicted octanol–water partition coefficient (Wildman–Crippen LogP) is 0.241. The highest BCUT2D eigenvalue weighted by molar-refractivity contribution is 5.85. The first kappa shape index (κ1) is 16.7. The molecule has 0 radical (unpaired) electrons. The van der Waals surface area contributed by atoms with Crippen LogP contribution in [0.5, 0.6) is 0 Å². The van der Waals surface area contributed by atoms with Gasteiger partial charge in [0, 0.05) is 25.2 Å². The Hall–Kier alpha value is -3.17. The van der Waals surface area contributed by atoms with Crippen molar-refractivity contribution in [2.75, 3.05) is 19.6 Å². The molecule has 10 nitrogen and oxygen atoms in total. The third-order valence-electron chi connectivity index (χ3n) is 4.06. The molecule has 2 heterocycles. The van der Waals surface area contributed by atoms with E-state index in [1.165, 1.54) is 18.2 Å². The molecule has 1 saturated heterocycles. The molecular weight excluding hydrogens is 332 g/mol. The van der Waals surface area contributed by atoms with Gasteiger partial charge in [0.25, 0.3) is 5.69 Å². The minimum absolute atomic E-state index is 0.149. The average molecular weight is 348 g/mol. The topological polar surface area (TPSA) is 128 Å². The van der Waals surface area contributed by atoms with Gasteiger partial charge in [-0.25, -0.2) is 4.79 Å². The Labute approximate surface area is 141 Å². The fourth-order valence-corrected chi connectivity index (χ4v) is 2.77. The predicted molar refractivity (Wildman–Crippen MR) is 86.0 cm³/mol. The summed E-state index contributed by atoms with van der Waals surface area (Å²) < 4.78 is 5.97. The van der Waals surface area contributed by atoms with E-state index in [0.29, 0.717) is 13.1 Å². The molecule has 1 fully saturated rings. The van der Waals surface area contributed by atoms with E-state index in [2.05, 4.69) is 5.32 Å². The molecule has 10 heteroatoms. The second kappa shape index (κ2) is 6.75. The van der Waals surface area contributed by atoms with E-state index in [1.807, 2.05) is 0 Å². The van der Waals surface area contributed by atoms with Gasteiger partial charge in [-0.3, -0.25) is 24.3 Å². The first-order valence-corrected chi connectivity index (χ1v) is 7.78. The number of carbonyl (C=O) groups excluding carboxylic acids is 2.